The van der Waals surface area contributed by atoms with Crippen molar-refractivity contribution in [2.45, 2.75) is 19.0 Å². The van der Waals surface area contributed by atoms with Crippen LogP contribution in [0.2, 0.25) is 0 Å². The Balaban J connectivity index is 1.52. The average Bonchev–Trinajstić information content (AvgIpc) is 2.80. The van der Waals surface area contributed by atoms with Gasteiger partial charge in [-0.1, -0.05) is 54.6 Å². The number of ether oxygens (including phenoxy) is 2. The smallest absolute Gasteiger partial charge is 0.258 e. The van der Waals surface area contributed by atoms with Gasteiger partial charge in [-0.05, 0) is 42.3 Å². The summed E-state index contributed by atoms with van der Waals surface area (Å²) in [5.74, 6) is 0.811. The maximum atomic E-state index is 13.3. The van der Waals surface area contributed by atoms with Gasteiger partial charge in [0.05, 0.1) is 18.8 Å². The molecule has 1 aliphatic heterocycles. The molecule has 0 bridgehead atoms. The van der Waals surface area contributed by atoms with Crippen LogP contribution in [0.25, 0.3) is 0 Å². The molecule has 4 rings (SSSR count). The van der Waals surface area contributed by atoms with E-state index in [1.54, 1.807) is 7.11 Å². The van der Waals surface area contributed by atoms with E-state index in [-0.39, 0.29) is 5.91 Å². The van der Waals surface area contributed by atoms with E-state index in [4.69, 9.17) is 9.47 Å². The molecule has 0 aromatic heterocycles. The third kappa shape index (κ3) is 4.42. The van der Waals surface area contributed by atoms with Gasteiger partial charge < -0.3 is 19.7 Å². The normalized spacial score (nSPS) is 17.7. The Hall–Kier alpha value is -3.31. The zero-order valence-corrected chi connectivity index (χ0v) is 18.0. The Morgan fingerprint density at radius 3 is 2.35 bits per heavy atom. The summed E-state index contributed by atoms with van der Waals surface area (Å²) in [5.41, 5.74) is 3.07. The molecule has 5 heteroatoms. The summed E-state index contributed by atoms with van der Waals surface area (Å²) >= 11 is 0. The molecule has 0 saturated heterocycles. The number of para-hydroxylation sites is 1. The first-order valence-corrected chi connectivity index (χ1v) is 10.6. The van der Waals surface area contributed by atoms with Gasteiger partial charge in [-0.3, -0.25) is 4.79 Å². The predicted octanol–water partition coefficient (Wildman–Crippen LogP) is 4.70. The minimum Gasteiger partial charge on any atom is -0.493 e. The van der Waals surface area contributed by atoms with E-state index in [9.17, 15) is 4.79 Å². The average molecular weight is 417 g/mol. The molecule has 0 spiro atoms. The summed E-state index contributed by atoms with van der Waals surface area (Å²) in [4.78, 5) is 15.1. The molecule has 0 aliphatic carbocycles. The molecule has 1 N–H and O–H groups in total. The molecule has 1 atom stereocenters. The SMILES string of the molecule is COCCN1C(=O)c2ccccc2NC1(C)c1ccc(OCCc2ccccc2)cc1. The molecule has 5 nitrogen and oxygen atoms in total. The summed E-state index contributed by atoms with van der Waals surface area (Å²) in [7, 11) is 1.65. The third-order valence-electron chi connectivity index (χ3n) is 5.76. The zero-order valence-electron chi connectivity index (χ0n) is 18.0. The van der Waals surface area contributed by atoms with Gasteiger partial charge in [0, 0.05) is 25.8 Å². The summed E-state index contributed by atoms with van der Waals surface area (Å²) in [6.07, 6.45) is 0.859. The number of methoxy groups -OCH3 is 1. The molecule has 1 amide bonds. The number of amides is 1. The Morgan fingerprint density at radius 1 is 0.903 bits per heavy atom. The van der Waals surface area contributed by atoms with E-state index in [0.29, 0.717) is 25.3 Å². The van der Waals surface area contributed by atoms with Crippen molar-refractivity contribution >= 4 is 11.6 Å². The highest BCUT2D eigenvalue weighted by molar-refractivity contribution is 6.02. The van der Waals surface area contributed by atoms with Crippen molar-refractivity contribution < 1.29 is 14.3 Å². The van der Waals surface area contributed by atoms with Gasteiger partial charge in [0.25, 0.3) is 5.91 Å². The van der Waals surface area contributed by atoms with E-state index in [0.717, 1.165) is 23.4 Å². The summed E-state index contributed by atoms with van der Waals surface area (Å²) < 4.78 is 11.2. The monoisotopic (exact) mass is 416 g/mol. The van der Waals surface area contributed by atoms with Gasteiger partial charge in [0.15, 0.2) is 0 Å². The standard InChI is InChI=1S/C26H28N2O3/c1-26(27-24-11-7-6-10-23(24)25(29)28(26)17-19-30-2)21-12-14-22(15-13-21)31-18-16-20-8-4-3-5-9-20/h3-15,27H,16-19H2,1-2H3. The summed E-state index contributed by atoms with van der Waals surface area (Å²) in [6.45, 7) is 3.60. The highest BCUT2D eigenvalue weighted by Gasteiger charge is 2.42. The molecule has 1 heterocycles. The van der Waals surface area contributed by atoms with E-state index in [1.807, 2.05) is 78.6 Å². The maximum absolute atomic E-state index is 13.3. The highest BCUT2D eigenvalue weighted by Crippen LogP contribution is 2.38. The maximum Gasteiger partial charge on any atom is 0.258 e. The Kier molecular flexibility index (Phi) is 6.23. The van der Waals surface area contributed by atoms with Gasteiger partial charge in [-0.15, -0.1) is 0 Å². The minimum absolute atomic E-state index is 0.00270. The highest BCUT2D eigenvalue weighted by atomic mass is 16.5. The van der Waals surface area contributed by atoms with Crippen LogP contribution in [0, 0.1) is 0 Å². The van der Waals surface area contributed by atoms with Crippen LogP contribution >= 0.6 is 0 Å². The van der Waals surface area contributed by atoms with E-state index >= 15 is 0 Å². The number of fused-ring (bicyclic) bond motifs is 1. The lowest BCUT2D eigenvalue weighted by atomic mass is 9.93. The molecule has 1 aliphatic rings. The number of nitrogens with zero attached hydrogens (tertiary/aromatic N) is 1. The second-order valence-corrected chi connectivity index (χ2v) is 7.80. The quantitative estimate of drug-likeness (QED) is 0.579. The predicted molar refractivity (Wildman–Crippen MR) is 122 cm³/mol. The van der Waals surface area contributed by atoms with E-state index in [1.165, 1.54) is 5.56 Å². The lowest BCUT2D eigenvalue weighted by Gasteiger charge is -2.46. The number of rotatable bonds is 8. The van der Waals surface area contributed by atoms with Gasteiger partial charge in [0.1, 0.15) is 11.4 Å². The number of anilines is 1. The first-order valence-electron chi connectivity index (χ1n) is 10.6. The summed E-state index contributed by atoms with van der Waals surface area (Å²) in [6, 6.07) is 25.9. The minimum atomic E-state index is -0.688. The molecule has 0 radical (unpaired) electrons. The fraction of sp³-hybridized carbons (Fsp3) is 0.269. The Labute approximate surface area is 183 Å². The molecular weight excluding hydrogens is 388 g/mol. The number of carbonyl (C=O) groups is 1. The molecule has 0 saturated carbocycles. The largest absolute Gasteiger partial charge is 0.493 e. The van der Waals surface area contributed by atoms with Gasteiger partial charge in [0.2, 0.25) is 0 Å². The van der Waals surface area contributed by atoms with Crippen LogP contribution in [0.1, 0.15) is 28.4 Å². The van der Waals surface area contributed by atoms with Crippen LogP contribution in [0.15, 0.2) is 78.9 Å². The van der Waals surface area contributed by atoms with Crippen molar-refractivity contribution in [2.75, 3.05) is 32.2 Å². The van der Waals surface area contributed by atoms with Gasteiger partial charge >= 0.3 is 0 Å². The van der Waals surface area contributed by atoms with Crippen molar-refractivity contribution in [3.63, 3.8) is 0 Å². The number of carbonyl (C=O) groups excluding carboxylic acids is 1. The molecule has 3 aromatic rings. The topological polar surface area (TPSA) is 50.8 Å². The van der Waals surface area contributed by atoms with Crippen LogP contribution in [-0.4, -0.2) is 37.7 Å². The Morgan fingerprint density at radius 2 is 1.61 bits per heavy atom. The van der Waals surface area contributed by atoms with Gasteiger partial charge in [-0.2, -0.15) is 0 Å². The van der Waals surface area contributed by atoms with Gasteiger partial charge in [-0.25, -0.2) is 0 Å². The summed E-state index contributed by atoms with van der Waals surface area (Å²) in [5, 5.41) is 3.57. The van der Waals surface area contributed by atoms with E-state index < -0.39 is 5.66 Å². The number of nitrogens with one attached hydrogen (secondary N) is 1. The number of hydrogen-bond acceptors (Lipinski definition) is 4. The first-order chi connectivity index (χ1) is 15.1. The lowest BCUT2D eigenvalue weighted by Crippen LogP contribution is -2.56. The molecule has 0 fully saturated rings. The fourth-order valence-corrected chi connectivity index (χ4v) is 4.00. The van der Waals surface area contributed by atoms with Crippen molar-refractivity contribution in [1.82, 2.24) is 4.90 Å². The lowest BCUT2D eigenvalue weighted by molar-refractivity contribution is 0.0438. The van der Waals surface area contributed by atoms with Crippen LogP contribution in [-0.2, 0) is 16.8 Å². The fourth-order valence-electron chi connectivity index (χ4n) is 4.00. The van der Waals surface area contributed by atoms with Crippen molar-refractivity contribution in [3.8, 4) is 5.75 Å². The third-order valence-corrected chi connectivity index (χ3v) is 5.76. The second kappa shape index (κ2) is 9.23. The number of hydrogen-bond donors (Lipinski definition) is 1. The van der Waals surface area contributed by atoms with Crippen LogP contribution < -0.4 is 10.1 Å². The molecule has 160 valence electrons. The second-order valence-electron chi connectivity index (χ2n) is 7.80. The molecular formula is C26H28N2O3. The zero-order chi connectivity index (χ0) is 21.7. The van der Waals surface area contributed by atoms with Crippen molar-refractivity contribution in [2.24, 2.45) is 0 Å². The van der Waals surface area contributed by atoms with Crippen LogP contribution in [0.5, 0.6) is 5.75 Å². The molecule has 1 unspecified atom stereocenters. The Bertz CT molecular complexity index is 1020. The van der Waals surface area contributed by atoms with Crippen molar-refractivity contribution in [3.05, 3.63) is 95.6 Å². The molecule has 3 aromatic carbocycles. The first kappa shape index (κ1) is 20.9. The van der Waals surface area contributed by atoms with E-state index in [2.05, 4.69) is 17.4 Å². The molecule has 31 heavy (non-hydrogen) atoms. The van der Waals surface area contributed by atoms with Crippen LogP contribution in [0.4, 0.5) is 5.69 Å². The van der Waals surface area contributed by atoms with Crippen LogP contribution in [0.3, 0.4) is 0 Å². The van der Waals surface area contributed by atoms with Crippen molar-refractivity contribution in [1.29, 1.82) is 0 Å². The number of benzene rings is 3.